The number of piperidine rings is 1. The van der Waals surface area contributed by atoms with Crippen molar-refractivity contribution in [3.63, 3.8) is 0 Å². The Kier molecular flexibility index (Phi) is 7.25. The molecule has 2 aromatic heterocycles. The van der Waals surface area contributed by atoms with Gasteiger partial charge in [-0.1, -0.05) is 24.1 Å². The number of thiazole rings is 1. The number of aromatic amines is 1. The number of halogens is 2. The molecule has 0 unspecified atom stereocenters. The van der Waals surface area contributed by atoms with Crippen LogP contribution in [0.2, 0.25) is 5.02 Å². The Morgan fingerprint density at radius 1 is 1.38 bits per heavy atom. The number of aliphatic hydroxyl groups is 1. The number of nitrogens with one attached hydrogen (secondary N) is 3. The Morgan fingerprint density at radius 3 is 2.94 bits per heavy atom. The van der Waals surface area contributed by atoms with Crippen LogP contribution < -0.4 is 10.6 Å². The van der Waals surface area contributed by atoms with Crippen LogP contribution in [0.4, 0.5) is 4.39 Å². The number of aromatic nitrogens is 2. The number of nitrogens with zero attached hydrogens (tertiary/aromatic N) is 1. The minimum Gasteiger partial charge on any atom is -0.396 e. The van der Waals surface area contributed by atoms with Crippen LogP contribution in [0, 0.1) is 12.7 Å². The topological polar surface area (TPSA) is 90.0 Å². The molecule has 0 aliphatic carbocycles. The smallest absolute Gasteiger partial charge is 0.268 e. The third kappa shape index (κ3) is 5.04. The number of benzene rings is 1. The van der Waals surface area contributed by atoms with E-state index in [0.29, 0.717) is 23.4 Å². The van der Waals surface area contributed by atoms with Gasteiger partial charge in [0.1, 0.15) is 16.5 Å². The van der Waals surface area contributed by atoms with Crippen molar-refractivity contribution in [2.75, 3.05) is 13.2 Å². The molecule has 1 aromatic carbocycles. The lowest BCUT2D eigenvalue weighted by Crippen LogP contribution is -2.46. The number of rotatable bonds is 7. The van der Waals surface area contributed by atoms with Crippen molar-refractivity contribution in [1.82, 2.24) is 20.6 Å². The van der Waals surface area contributed by atoms with Crippen molar-refractivity contribution in [3.8, 4) is 11.3 Å². The van der Waals surface area contributed by atoms with Gasteiger partial charge >= 0.3 is 0 Å². The van der Waals surface area contributed by atoms with Gasteiger partial charge in [0.2, 0.25) is 0 Å². The minimum absolute atomic E-state index is 0.0559. The molecule has 6 nitrogen and oxygen atoms in total. The molecule has 32 heavy (non-hydrogen) atoms. The van der Waals surface area contributed by atoms with Gasteiger partial charge in [-0.15, -0.1) is 11.3 Å². The molecule has 170 valence electrons. The Morgan fingerprint density at radius 2 is 2.22 bits per heavy atom. The fourth-order valence-electron chi connectivity index (χ4n) is 3.99. The van der Waals surface area contributed by atoms with Gasteiger partial charge in [-0.25, -0.2) is 9.37 Å². The van der Waals surface area contributed by atoms with Gasteiger partial charge in [-0.2, -0.15) is 0 Å². The number of carbonyl (C=O) groups is 1. The zero-order chi connectivity index (χ0) is 22.7. The van der Waals surface area contributed by atoms with Crippen LogP contribution in [0.15, 0.2) is 30.3 Å². The average Bonchev–Trinajstić information content (AvgIpc) is 3.42. The van der Waals surface area contributed by atoms with Crippen LogP contribution in [0.5, 0.6) is 0 Å². The highest BCUT2D eigenvalue weighted by Gasteiger charge is 2.30. The molecule has 1 fully saturated rings. The minimum atomic E-state index is -0.508. The number of carbonyl (C=O) groups excluding carboxylic acids is 1. The van der Waals surface area contributed by atoms with Crippen molar-refractivity contribution >= 4 is 28.8 Å². The van der Waals surface area contributed by atoms with E-state index in [0.717, 1.165) is 41.4 Å². The van der Waals surface area contributed by atoms with E-state index in [-0.39, 0.29) is 29.6 Å². The first-order chi connectivity index (χ1) is 15.5. The van der Waals surface area contributed by atoms with E-state index in [2.05, 4.69) is 15.6 Å². The van der Waals surface area contributed by atoms with Gasteiger partial charge in [0, 0.05) is 35.2 Å². The van der Waals surface area contributed by atoms with Crippen molar-refractivity contribution < 1.29 is 14.3 Å². The molecule has 3 aromatic rings. The van der Waals surface area contributed by atoms with E-state index in [1.807, 2.05) is 6.92 Å². The second kappa shape index (κ2) is 10.1. The van der Waals surface area contributed by atoms with Crippen LogP contribution in [-0.2, 0) is 6.42 Å². The van der Waals surface area contributed by atoms with Crippen LogP contribution in [-0.4, -0.2) is 40.2 Å². The Hall–Kier alpha value is -2.26. The molecule has 1 amide bonds. The summed E-state index contributed by atoms with van der Waals surface area (Å²) in [6.45, 7) is 2.90. The SMILES string of the molecule is Cc1nc([C@H](NC(=O)c2ccc(-c3ccc(Cl)c(F)c3)[nH]2)[C@@H]2CCCCN2)sc1CCO. The van der Waals surface area contributed by atoms with Gasteiger partial charge in [0.25, 0.3) is 5.91 Å². The summed E-state index contributed by atoms with van der Waals surface area (Å²) in [5.41, 5.74) is 2.52. The number of hydrogen-bond acceptors (Lipinski definition) is 5. The van der Waals surface area contributed by atoms with Crippen LogP contribution in [0.3, 0.4) is 0 Å². The molecule has 1 aliphatic heterocycles. The normalized spacial score (nSPS) is 17.3. The van der Waals surface area contributed by atoms with E-state index in [1.54, 1.807) is 18.2 Å². The van der Waals surface area contributed by atoms with Gasteiger partial charge < -0.3 is 20.7 Å². The summed E-state index contributed by atoms with van der Waals surface area (Å²) >= 11 is 7.31. The first-order valence-corrected chi connectivity index (χ1v) is 11.9. The maximum absolute atomic E-state index is 13.8. The lowest BCUT2D eigenvalue weighted by molar-refractivity contribution is 0.0918. The third-order valence-electron chi connectivity index (χ3n) is 5.71. The summed E-state index contributed by atoms with van der Waals surface area (Å²) in [5.74, 6) is -0.759. The summed E-state index contributed by atoms with van der Waals surface area (Å²) in [5, 5.41) is 16.9. The quantitative estimate of drug-likeness (QED) is 0.407. The molecule has 0 spiro atoms. The van der Waals surface area contributed by atoms with Crippen molar-refractivity contribution in [1.29, 1.82) is 0 Å². The molecule has 1 aliphatic rings. The van der Waals surface area contributed by atoms with Crippen LogP contribution in [0.25, 0.3) is 11.3 Å². The molecule has 0 saturated carbocycles. The standard InChI is InChI=1S/C23H26ClFN4O2S/c1-13-20(9-11-30)32-23(27-13)21(18-4-2-3-10-26-18)29-22(31)19-8-7-17(28-19)14-5-6-15(24)16(25)12-14/h5-8,12,18,21,26,28,30H,2-4,9-11H2,1H3,(H,29,31)/t18-,21+/m0/s1. The summed E-state index contributed by atoms with van der Waals surface area (Å²) < 4.78 is 13.8. The third-order valence-corrected chi connectivity index (χ3v) is 7.32. The largest absolute Gasteiger partial charge is 0.396 e. The number of hydrogen-bond donors (Lipinski definition) is 4. The van der Waals surface area contributed by atoms with Crippen molar-refractivity contribution in [2.45, 2.75) is 44.7 Å². The number of H-pyrrole nitrogens is 1. The molecular formula is C23H26ClFN4O2S. The van der Waals surface area contributed by atoms with Gasteiger partial charge in [-0.05, 0) is 50.6 Å². The van der Waals surface area contributed by atoms with Gasteiger partial charge in [0.15, 0.2) is 0 Å². The van der Waals surface area contributed by atoms with E-state index in [9.17, 15) is 14.3 Å². The zero-order valence-electron chi connectivity index (χ0n) is 17.8. The lowest BCUT2D eigenvalue weighted by atomic mass is 9.98. The maximum atomic E-state index is 13.8. The van der Waals surface area contributed by atoms with Crippen molar-refractivity contribution in [2.24, 2.45) is 0 Å². The summed E-state index contributed by atoms with van der Waals surface area (Å²) in [4.78, 5) is 21.9. The highest BCUT2D eigenvalue weighted by atomic mass is 35.5. The second-order valence-corrected chi connectivity index (χ2v) is 9.48. The Balaban J connectivity index is 1.56. The summed E-state index contributed by atoms with van der Waals surface area (Å²) in [7, 11) is 0. The Bertz CT molecular complexity index is 1090. The second-order valence-electron chi connectivity index (χ2n) is 7.96. The molecule has 3 heterocycles. The first-order valence-electron chi connectivity index (χ1n) is 10.7. The van der Waals surface area contributed by atoms with Gasteiger partial charge in [-0.3, -0.25) is 4.79 Å². The summed E-state index contributed by atoms with van der Waals surface area (Å²) in [6.07, 6.45) is 3.70. The maximum Gasteiger partial charge on any atom is 0.268 e. The van der Waals surface area contributed by atoms with E-state index in [4.69, 9.17) is 16.6 Å². The van der Waals surface area contributed by atoms with Crippen LogP contribution >= 0.6 is 22.9 Å². The zero-order valence-corrected chi connectivity index (χ0v) is 19.3. The van der Waals surface area contributed by atoms with E-state index in [1.165, 1.54) is 23.5 Å². The molecule has 0 bridgehead atoms. The fraction of sp³-hybridized carbons (Fsp3) is 0.391. The molecule has 4 N–H and O–H groups in total. The number of aryl methyl sites for hydroxylation is 1. The molecular weight excluding hydrogens is 451 g/mol. The molecule has 2 atom stereocenters. The predicted octanol–water partition coefficient (Wildman–Crippen LogP) is 4.39. The fourth-order valence-corrected chi connectivity index (χ4v) is 5.28. The monoisotopic (exact) mass is 476 g/mol. The molecule has 9 heteroatoms. The first kappa shape index (κ1) is 22.9. The van der Waals surface area contributed by atoms with E-state index >= 15 is 0 Å². The van der Waals surface area contributed by atoms with Gasteiger partial charge in [0.05, 0.1) is 16.8 Å². The highest BCUT2D eigenvalue weighted by molar-refractivity contribution is 7.11. The summed E-state index contributed by atoms with van der Waals surface area (Å²) in [6, 6.07) is 7.77. The van der Waals surface area contributed by atoms with E-state index < -0.39 is 5.82 Å². The average molecular weight is 477 g/mol. The lowest BCUT2D eigenvalue weighted by Gasteiger charge is -2.30. The number of aliphatic hydroxyl groups excluding tert-OH is 1. The predicted molar refractivity (Wildman–Crippen MR) is 125 cm³/mol. The molecule has 0 radical (unpaired) electrons. The number of amides is 1. The van der Waals surface area contributed by atoms with Crippen molar-refractivity contribution in [3.05, 3.63) is 62.4 Å². The molecule has 4 rings (SSSR count). The Labute approximate surface area is 195 Å². The van der Waals surface area contributed by atoms with Crippen LogP contribution in [0.1, 0.15) is 51.4 Å². The molecule has 1 saturated heterocycles. The highest BCUT2D eigenvalue weighted by Crippen LogP contribution is 2.30.